The average molecular weight is 252 g/mol. The molecule has 0 atom stereocenters. The molecular formula is C16H32N2. The van der Waals surface area contributed by atoms with Crippen molar-refractivity contribution in [3.8, 4) is 0 Å². The summed E-state index contributed by atoms with van der Waals surface area (Å²) in [6.07, 6.45) is 10.1. The Morgan fingerprint density at radius 2 is 1.78 bits per heavy atom. The molecule has 18 heavy (non-hydrogen) atoms. The zero-order valence-electron chi connectivity index (χ0n) is 12.5. The molecule has 0 aromatic carbocycles. The smallest absolute Gasteiger partial charge is 0.0110 e. The molecule has 2 fully saturated rings. The van der Waals surface area contributed by atoms with Gasteiger partial charge >= 0.3 is 0 Å². The third-order valence-electron chi connectivity index (χ3n) is 4.54. The Morgan fingerprint density at radius 3 is 2.39 bits per heavy atom. The first-order valence-corrected chi connectivity index (χ1v) is 8.20. The molecule has 0 aliphatic heterocycles. The van der Waals surface area contributed by atoms with Crippen molar-refractivity contribution in [1.29, 1.82) is 0 Å². The van der Waals surface area contributed by atoms with Crippen molar-refractivity contribution < 1.29 is 0 Å². The van der Waals surface area contributed by atoms with E-state index in [9.17, 15) is 0 Å². The van der Waals surface area contributed by atoms with Crippen molar-refractivity contribution in [1.82, 2.24) is 10.2 Å². The summed E-state index contributed by atoms with van der Waals surface area (Å²) in [5.41, 5.74) is 0. The summed E-state index contributed by atoms with van der Waals surface area (Å²) in [6, 6.07) is 0.928. The molecule has 106 valence electrons. The van der Waals surface area contributed by atoms with Gasteiger partial charge in [-0.3, -0.25) is 4.90 Å². The van der Waals surface area contributed by atoms with Crippen LogP contribution in [0.2, 0.25) is 0 Å². The molecule has 0 radical (unpaired) electrons. The van der Waals surface area contributed by atoms with Gasteiger partial charge in [0.1, 0.15) is 0 Å². The van der Waals surface area contributed by atoms with E-state index in [1.165, 1.54) is 71.1 Å². The lowest BCUT2D eigenvalue weighted by Crippen LogP contribution is -2.36. The summed E-state index contributed by atoms with van der Waals surface area (Å²) >= 11 is 0. The maximum Gasteiger partial charge on any atom is 0.0110 e. The second-order valence-electron chi connectivity index (χ2n) is 6.80. The molecule has 2 rings (SSSR count). The first-order chi connectivity index (χ1) is 8.75. The van der Waals surface area contributed by atoms with E-state index >= 15 is 0 Å². The summed E-state index contributed by atoms with van der Waals surface area (Å²) in [4.78, 5) is 2.72. The van der Waals surface area contributed by atoms with E-state index in [1.54, 1.807) is 0 Å². The molecule has 1 N–H and O–H groups in total. The number of hydrogen-bond acceptors (Lipinski definition) is 2. The molecular weight excluding hydrogens is 220 g/mol. The minimum absolute atomic E-state index is 0.845. The Bertz CT molecular complexity index is 217. The van der Waals surface area contributed by atoms with Gasteiger partial charge in [0.25, 0.3) is 0 Å². The quantitative estimate of drug-likeness (QED) is 0.634. The highest BCUT2D eigenvalue weighted by atomic mass is 15.2. The van der Waals surface area contributed by atoms with Crippen LogP contribution in [0.3, 0.4) is 0 Å². The van der Waals surface area contributed by atoms with Gasteiger partial charge in [-0.05, 0) is 57.0 Å². The molecule has 2 aliphatic rings. The minimum atomic E-state index is 0.845. The van der Waals surface area contributed by atoms with Gasteiger partial charge in [0.15, 0.2) is 0 Å². The Morgan fingerprint density at radius 1 is 1.06 bits per heavy atom. The molecule has 0 bridgehead atoms. The van der Waals surface area contributed by atoms with Gasteiger partial charge in [0.2, 0.25) is 0 Å². The molecule has 0 spiro atoms. The predicted molar refractivity (Wildman–Crippen MR) is 78.9 cm³/mol. The summed E-state index contributed by atoms with van der Waals surface area (Å²) in [7, 11) is 0. The Kier molecular flexibility index (Phi) is 5.97. The maximum atomic E-state index is 3.69. The Labute approximate surface area is 114 Å². The van der Waals surface area contributed by atoms with E-state index < -0.39 is 0 Å². The van der Waals surface area contributed by atoms with Gasteiger partial charge in [-0.1, -0.05) is 26.7 Å². The van der Waals surface area contributed by atoms with E-state index in [-0.39, 0.29) is 0 Å². The van der Waals surface area contributed by atoms with Crippen LogP contribution in [0.1, 0.15) is 58.8 Å². The van der Waals surface area contributed by atoms with Crippen LogP contribution in [0.15, 0.2) is 0 Å². The second-order valence-corrected chi connectivity index (χ2v) is 6.80. The van der Waals surface area contributed by atoms with Gasteiger partial charge in [0, 0.05) is 19.1 Å². The van der Waals surface area contributed by atoms with E-state index in [0.29, 0.717) is 0 Å². The monoisotopic (exact) mass is 252 g/mol. The van der Waals surface area contributed by atoms with Gasteiger partial charge in [-0.15, -0.1) is 0 Å². The van der Waals surface area contributed by atoms with Crippen LogP contribution < -0.4 is 5.32 Å². The lowest BCUT2D eigenvalue weighted by molar-refractivity contribution is 0.246. The summed E-state index contributed by atoms with van der Waals surface area (Å²) < 4.78 is 0. The topological polar surface area (TPSA) is 15.3 Å². The van der Waals surface area contributed by atoms with Crippen LogP contribution in [-0.4, -0.2) is 37.1 Å². The molecule has 0 unspecified atom stereocenters. The largest absolute Gasteiger partial charge is 0.315 e. The molecule has 2 heteroatoms. The summed E-state index contributed by atoms with van der Waals surface area (Å²) in [6.45, 7) is 9.72. The number of hydrogen-bond donors (Lipinski definition) is 1. The molecule has 0 amide bonds. The molecule has 2 nitrogen and oxygen atoms in total. The number of nitrogens with one attached hydrogen (secondary N) is 1. The molecule has 0 aromatic heterocycles. The fraction of sp³-hybridized carbons (Fsp3) is 1.00. The van der Waals surface area contributed by atoms with Crippen LogP contribution in [0, 0.1) is 11.8 Å². The first kappa shape index (κ1) is 14.3. The van der Waals surface area contributed by atoms with Gasteiger partial charge < -0.3 is 5.32 Å². The highest BCUT2D eigenvalue weighted by Gasteiger charge is 2.28. The number of rotatable bonds is 9. The molecule has 2 aliphatic carbocycles. The fourth-order valence-corrected chi connectivity index (χ4v) is 3.08. The lowest BCUT2D eigenvalue weighted by atomic mass is 10.1. The number of nitrogens with zero attached hydrogens (tertiary/aromatic N) is 1. The van der Waals surface area contributed by atoms with Crippen LogP contribution in [0.4, 0.5) is 0 Å². The fourth-order valence-electron chi connectivity index (χ4n) is 3.08. The van der Waals surface area contributed by atoms with Crippen LogP contribution in [0.25, 0.3) is 0 Å². The van der Waals surface area contributed by atoms with E-state index in [1.807, 2.05) is 0 Å². The van der Waals surface area contributed by atoms with Crippen molar-refractivity contribution >= 4 is 0 Å². The van der Waals surface area contributed by atoms with Crippen LogP contribution in [0.5, 0.6) is 0 Å². The van der Waals surface area contributed by atoms with E-state index in [0.717, 1.165) is 17.9 Å². The standard InChI is InChI=1S/C16H32N2/c1-14(2)9-11-18(16-7-8-16)12-10-17-13-15-5-3-4-6-15/h14-17H,3-13H2,1-2H3. The molecule has 0 aromatic rings. The molecule has 0 heterocycles. The van der Waals surface area contributed by atoms with Gasteiger partial charge in [0.05, 0.1) is 0 Å². The van der Waals surface area contributed by atoms with Crippen molar-refractivity contribution in [2.24, 2.45) is 11.8 Å². The normalized spacial score (nSPS) is 21.3. The summed E-state index contributed by atoms with van der Waals surface area (Å²) in [5, 5.41) is 3.69. The summed E-state index contributed by atoms with van der Waals surface area (Å²) in [5.74, 6) is 1.83. The third-order valence-corrected chi connectivity index (χ3v) is 4.54. The average Bonchev–Trinajstić information content (AvgIpc) is 3.05. The highest BCUT2D eigenvalue weighted by molar-refractivity contribution is 4.85. The molecule has 2 saturated carbocycles. The highest BCUT2D eigenvalue weighted by Crippen LogP contribution is 2.27. The van der Waals surface area contributed by atoms with Gasteiger partial charge in [-0.2, -0.15) is 0 Å². The Hall–Kier alpha value is -0.0800. The van der Waals surface area contributed by atoms with Crippen molar-refractivity contribution in [3.05, 3.63) is 0 Å². The minimum Gasteiger partial charge on any atom is -0.315 e. The zero-order valence-corrected chi connectivity index (χ0v) is 12.5. The third kappa shape index (κ3) is 5.27. The van der Waals surface area contributed by atoms with Crippen LogP contribution >= 0.6 is 0 Å². The molecule has 0 saturated heterocycles. The SMILES string of the molecule is CC(C)CCN(CCNCC1CCCC1)C1CC1. The van der Waals surface area contributed by atoms with Gasteiger partial charge in [-0.25, -0.2) is 0 Å². The van der Waals surface area contributed by atoms with Crippen molar-refractivity contribution in [2.45, 2.75) is 64.8 Å². The van der Waals surface area contributed by atoms with Crippen LogP contribution in [-0.2, 0) is 0 Å². The van der Waals surface area contributed by atoms with Crippen molar-refractivity contribution in [3.63, 3.8) is 0 Å². The zero-order chi connectivity index (χ0) is 12.8. The lowest BCUT2D eigenvalue weighted by Gasteiger charge is -2.23. The van der Waals surface area contributed by atoms with E-state index in [2.05, 4.69) is 24.1 Å². The Balaban J connectivity index is 1.54. The maximum absolute atomic E-state index is 3.69. The second kappa shape index (κ2) is 7.49. The van der Waals surface area contributed by atoms with E-state index in [4.69, 9.17) is 0 Å². The first-order valence-electron chi connectivity index (χ1n) is 8.20. The predicted octanol–water partition coefficient (Wildman–Crippen LogP) is 3.28. The van der Waals surface area contributed by atoms with Crippen molar-refractivity contribution in [2.75, 3.05) is 26.2 Å².